The van der Waals surface area contributed by atoms with E-state index >= 15 is 0 Å². The summed E-state index contributed by atoms with van der Waals surface area (Å²) >= 11 is 2.00. The van der Waals surface area contributed by atoms with Crippen LogP contribution in [0.5, 0.6) is 0 Å². The predicted molar refractivity (Wildman–Crippen MR) is 67.7 cm³/mol. The second-order valence-electron chi connectivity index (χ2n) is 4.33. The van der Waals surface area contributed by atoms with E-state index in [1.807, 2.05) is 11.8 Å². The second-order valence-corrected chi connectivity index (χ2v) is 5.75. The average molecular weight is 221 g/mol. The minimum absolute atomic E-state index is 0.536. The maximum absolute atomic E-state index is 3.58. The maximum atomic E-state index is 3.58. The molecule has 2 atom stereocenters. The van der Waals surface area contributed by atoms with Crippen molar-refractivity contribution in [3.63, 3.8) is 0 Å². The van der Waals surface area contributed by atoms with E-state index in [2.05, 4.69) is 45.1 Å². The summed E-state index contributed by atoms with van der Waals surface area (Å²) in [4.78, 5) is 1.47. The molecule has 0 radical (unpaired) electrons. The Hall–Kier alpha value is -0.470. The number of aryl methyl sites for hydroxylation is 2. The molecule has 0 aliphatic carbocycles. The molecule has 2 unspecified atom stereocenters. The van der Waals surface area contributed by atoms with Crippen molar-refractivity contribution in [1.29, 1.82) is 0 Å². The van der Waals surface area contributed by atoms with Crippen molar-refractivity contribution >= 4 is 11.8 Å². The van der Waals surface area contributed by atoms with Crippen LogP contribution in [0, 0.1) is 13.8 Å². The Bertz CT molecular complexity index is 373. The highest BCUT2D eigenvalue weighted by Crippen LogP contribution is 2.44. The fourth-order valence-electron chi connectivity index (χ4n) is 2.17. The van der Waals surface area contributed by atoms with Crippen LogP contribution in [-0.2, 0) is 0 Å². The van der Waals surface area contributed by atoms with Gasteiger partial charge >= 0.3 is 0 Å². The molecule has 1 N–H and O–H groups in total. The van der Waals surface area contributed by atoms with Gasteiger partial charge in [0.1, 0.15) is 0 Å². The SMILES string of the molecule is CCNC1c2cc(C)c(C)cc2SC1C. The molecule has 0 spiro atoms. The van der Waals surface area contributed by atoms with Crippen molar-refractivity contribution in [3.05, 3.63) is 28.8 Å². The molecule has 0 amide bonds. The van der Waals surface area contributed by atoms with Crippen molar-refractivity contribution in [3.8, 4) is 0 Å². The zero-order valence-corrected chi connectivity index (χ0v) is 10.7. The lowest BCUT2D eigenvalue weighted by Gasteiger charge is -2.16. The van der Waals surface area contributed by atoms with Gasteiger partial charge in [-0.15, -0.1) is 11.8 Å². The lowest BCUT2D eigenvalue weighted by atomic mass is 9.99. The summed E-state index contributed by atoms with van der Waals surface area (Å²) < 4.78 is 0. The lowest BCUT2D eigenvalue weighted by molar-refractivity contribution is 0.552. The molecule has 1 aliphatic heterocycles. The fourth-order valence-corrected chi connectivity index (χ4v) is 3.52. The third-order valence-corrected chi connectivity index (χ3v) is 4.42. The van der Waals surface area contributed by atoms with Crippen LogP contribution in [0.2, 0.25) is 0 Å². The summed E-state index contributed by atoms with van der Waals surface area (Å²) in [7, 11) is 0. The van der Waals surface area contributed by atoms with Gasteiger partial charge in [-0.05, 0) is 43.1 Å². The first kappa shape index (κ1) is 11.0. The minimum Gasteiger partial charge on any atom is -0.309 e. The summed E-state index contributed by atoms with van der Waals surface area (Å²) in [6, 6.07) is 5.23. The standard InChI is InChI=1S/C13H19NS/c1-5-14-13-10(4)15-12-7-9(3)8(2)6-11(12)13/h6-7,10,13-14H,5H2,1-4H3. The normalized spacial score (nSPS) is 24.3. The molecular formula is C13H19NS. The number of nitrogens with one attached hydrogen (secondary N) is 1. The summed E-state index contributed by atoms with van der Waals surface area (Å²) in [5.41, 5.74) is 4.31. The van der Waals surface area contributed by atoms with Crippen LogP contribution >= 0.6 is 11.8 Å². The van der Waals surface area contributed by atoms with Gasteiger partial charge in [0.05, 0.1) is 0 Å². The monoisotopic (exact) mass is 221 g/mol. The van der Waals surface area contributed by atoms with E-state index in [0.717, 1.165) is 6.54 Å². The van der Waals surface area contributed by atoms with Crippen molar-refractivity contribution in [1.82, 2.24) is 5.32 Å². The van der Waals surface area contributed by atoms with Gasteiger partial charge in [0, 0.05) is 16.2 Å². The Morgan fingerprint density at radius 2 is 1.93 bits per heavy atom. The van der Waals surface area contributed by atoms with Crippen molar-refractivity contribution < 1.29 is 0 Å². The molecular weight excluding hydrogens is 202 g/mol. The molecule has 0 bridgehead atoms. The molecule has 15 heavy (non-hydrogen) atoms. The van der Waals surface area contributed by atoms with Crippen LogP contribution < -0.4 is 5.32 Å². The Kier molecular flexibility index (Phi) is 3.08. The quantitative estimate of drug-likeness (QED) is 0.821. The molecule has 0 saturated heterocycles. The number of fused-ring (bicyclic) bond motifs is 1. The van der Waals surface area contributed by atoms with Crippen molar-refractivity contribution in [2.75, 3.05) is 6.54 Å². The number of benzene rings is 1. The zero-order valence-electron chi connectivity index (χ0n) is 9.92. The summed E-state index contributed by atoms with van der Waals surface area (Å²) in [5, 5.41) is 4.23. The molecule has 0 fully saturated rings. The van der Waals surface area contributed by atoms with Gasteiger partial charge in [-0.3, -0.25) is 0 Å². The number of rotatable bonds is 2. The van der Waals surface area contributed by atoms with E-state index in [9.17, 15) is 0 Å². The highest BCUT2D eigenvalue weighted by Gasteiger charge is 2.29. The second kappa shape index (κ2) is 4.18. The Morgan fingerprint density at radius 1 is 1.27 bits per heavy atom. The minimum atomic E-state index is 0.536. The summed E-state index contributed by atoms with van der Waals surface area (Å²) in [6.07, 6.45) is 0. The number of hydrogen-bond donors (Lipinski definition) is 1. The molecule has 2 rings (SSSR count). The van der Waals surface area contributed by atoms with E-state index in [1.54, 1.807) is 0 Å². The van der Waals surface area contributed by atoms with E-state index in [-0.39, 0.29) is 0 Å². The van der Waals surface area contributed by atoms with E-state index in [0.29, 0.717) is 11.3 Å². The van der Waals surface area contributed by atoms with Crippen LogP contribution in [0.3, 0.4) is 0 Å². The molecule has 0 saturated carbocycles. The van der Waals surface area contributed by atoms with E-state index < -0.39 is 0 Å². The number of hydrogen-bond acceptors (Lipinski definition) is 2. The van der Waals surface area contributed by atoms with Gasteiger partial charge in [-0.1, -0.05) is 19.9 Å². The first-order chi connectivity index (χ1) is 7.13. The van der Waals surface area contributed by atoms with Crippen LogP contribution in [0.1, 0.15) is 36.6 Å². The smallest absolute Gasteiger partial charge is 0.0452 e. The molecule has 0 aromatic heterocycles. The highest BCUT2D eigenvalue weighted by molar-refractivity contribution is 8.00. The highest BCUT2D eigenvalue weighted by atomic mass is 32.2. The van der Waals surface area contributed by atoms with Crippen LogP contribution in [0.4, 0.5) is 0 Å². The van der Waals surface area contributed by atoms with Gasteiger partial charge in [-0.2, -0.15) is 0 Å². The van der Waals surface area contributed by atoms with Crippen LogP contribution in [0.25, 0.3) is 0 Å². The zero-order chi connectivity index (χ0) is 11.0. The summed E-state index contributed by atoms with van der Waals surface area (Å²) in [5.74, 6) is 0. The van der Waals surface area contributed by atoms with Gasteiger partial charge in [0.25, 0.3) is 0 Å². The Balaban J connectivity index is 2.40. The molecule has 1 heterocycles. The molecule has 2 heteroatoms. The van der Waals surface area contributed by atoms with Crippen LogP contribution in [0.15, 0.2) is 17.0 Å². The molecule has 1 nitrogen and oxygen atoms in total. The van der Waals surface area contributed by atoms with E-state index in [4.69, 9.17) is 0 Å². The fraction of sp³-hybridized carbons (Fsp3) is 0.538. The molecule has 82 valence electrons. The first-order valence-electron chi connectivity index (χ1n) is 5.64. The molecule has 1 aromatic rings. The third-order valence-electron chi connectivity index (χ3n) is 3.17. The third kappa shape index (κ3) is 1.93. The average Bonchev–Trinajstić information content (AvgIpc) is 2.46. The molecule has 1 aromatic carbocycles. The first-order valence-corrected chi connectivity index (χ1v) is 6.52. The van der Waals surface area contributed by atoms with Crippen molar-refractivity contribution in [2.45, 2.75) is 43.9 Å². The Labute approximate surface area is 96.7 Å². The predicted octanol–water partition coefficient (Wildman–Crippen LogP) is 3.45. The lowest BCUT2D eigenvalue weighted by Crippen LogP contribution is -2.25. The van der Waals surface area contributed by atoms with Crippen molar-refractivity contribution in [2.24, 2.45) is 0 Å². The van der Waals surface area contributed by atoms with Gasteiger partial charge in [0.2, 0.25) is 0 Å². The van der Waals surface area contributed by atoms with Gasteiger partial charge < -0.3 is 5.32 Å². The van der Waals surface area contributed by atoms with Gasteiger partial charge in [-0.25, -0.2) is 0 Å². The van der Waals surface area contributed by atoms with Gasteiger partial charge in [0.15, 0.2) is 0 Å². The Morgan fingerprint density at radius 3 is 2.60 bits per heavy atom. The largest absolute Gasteiger partial charge is 0.309 e. The maximum Gasteiger partial charge on any atom is 0.0452 e. The molecule has 1 aliphatic rings. The topological polar surface area (TPSA) is 12.0 Å². The van der Waals surface area contributed by atoms with E-state index in [1.165, 1.54) is 21.6 Å². The summed E-state index contributed by atoms with van der Waals surface area (Å²) in [6.45, 7) is 9.93. The van der Waals surface area contributed by atoms with Crippen LogP contribution in [-0.4, -0.2) is 11.8 Å². The number of thioether (sulfide) groups is 1.